The third-order valence-corrected chi connectivity index (χ3v) is 5.50. The summed E-state index contributed by atoms with van der Waals surface area (Å²) in [6.45, 7) is 6.82. The van der Waals surface area contributed by atoms with Gasteiger partial charge in [-0.3, -0.25) is 9.59 Å². The Labute approximate surface area is 173 Å². The van der Waals surface area contributed by atoms with Gasteiger partial charge in [0.15, 0.2) is 0 Å². The van der Waals surface area contributed by atoms with E-state index in [-0.39, 0.29) is 11.8 Å². The topological polar surface area (TPSA) is 49.9 Å². The van der Waals surface area contributed by atoms with Gasteiger partial charge in [0.05, 0.1) is 12.0 Å². The van der Waals surface area contributed by atoms with Crippen LogP contribution >= 0.6 is 0 Å². The predicted octanol–water partition coefficient (Wildman–Crippen LogP) is 3.49. The summed E-state index contributed by atoms with van der Waals surface area (Å²) in [6, 6.07) is 19.5. The fourth-order valence-electron chi connectivity index (χ4n) is 3.62. The number of ether oxygens (including phenoxy) is 1. The molecule has 0 radical (unpaired) electrons. The monoisotopic (exact) mass is 394 g/mol. The maximum Gasteiger partial charge on any atom is 0.232 e. The van der Waals surface area contributed by atoms with E-state index >= 15 is 0 Å². The van der Waals surface area contributed by atoms with Gasteiger partial charge in [0.2, 0.25) is 11.8 Å². The lowest BCUT2D eigenvalue weighted by atomic mass is 9.83. The first kappa shape index (κ1) is 20.9. The van der Waals surface area contributed by atoms with Crippen LogP contribution in [0.3, 0.4) is 0 Å². The molecule has 1 heterocycles. The van der Waals surface area contributed by atoms with Crippen LogP contribution in [0, 0.1) is 0 Å². The summed E-state index contributed by atoms with van der Waals surface area (Å²) in [5.74, 6) is 1.08. The largest absolute Gasteiger partial charge is 0.494 e. The summed E-state index contributed by atoms with van der Waals surface area (Å²) in [5, 5.41) is 0. The molecule has 5 heteroatoms. The minimum absolute atomic E-state index is 0.118. The first-order valence-electron chi connectivity index (χ1n) is 10.3. The van der Waals surface area contributed by atoms with Crippen molar-refractivity contribution in [3.63, 3.8) is 0 Å². The van der Waals surface area contributed by atoms with E-state index in [1.165, 1.54) is 0 Å². The van der Waals surface area contributed by atoms with Gasteiger partial charge in [0.25, 0.3) is 0 Å². The molecule has 0 atom stereocenters. The second kappa shape index (κ2) is 9.59. The molecule has 154 valence electrons. The Morgan fingerprint density at radius 2 is 1.41 bits per heavy atom. The molecule has 0 aliphatic carbocycles. The lowest BCUT2D eigenvalue weighted by Gasteiger charge is -2.38. The normalized spacial score (nSPS) is 14.6. The van der Waals surface area contributed by atoms with Crippen LogP contribution < -0.4 is 4.74 Å². The number of carbonyl (C=O) groups excluding carboxylic acids is 2. The highest BCUT2D eigenvalue weighted by Crippen LogP contribution is 2.26. The molecule has 1 fully saturated rings. The number of para-hydroxylation sites is 1. The Hall–Kier alpha value is -2.82. The zero-order valence-corrected chi connectivity index (χ0v) is 17.3. The Bertz CT molecular complexity index is 797. The highest BCUT2D eigenvalue weighted by molar-refractivity contribution is 5.87. The number of hydrogen-bond acceptors (Lipinski definition) is 3. The standard InChI is InChI=1S/C24H30N2O3/c1-24(2,20-10-5-3-6-11-20)23(28)26-17-15-25(16-18-26)22(27)14-9-19-29-21-12-7-4-8-13-21/h3-8,10-13H,9,14-19H2,1-2H3. The average molecular weight is 395 g/mol. The fourth-order valence-corrected chi connectivity index (χ4v) is 3.62. The maximum absolute atomic E-state index is 13.0. The molecular formula is C24H30N2O3. The summed E-state index contributed by atoms with van der Waals surface area (Å²) >= 11 is 0. The molecule has 0 N–H and O–H groups in total. The van der Waals surface area contributed by atoms with E-state index in [9.17, 15) is 9.59 Å². The van der Waals surface area contributed by atoms with Gasteiger partial charge in [-0.05, 0) is 38.0 Å². The molecular weight excluding hydrogens is 364 g/mol. The number of benzene rings is 2. The first-order chi connectivity index (χ1) is 14.0. The van der Waals surface area contributed by atoms with E-state index in [0.717, 1.165) is 11.3 Å². The number of rotatable bonds is 7. The molecule has 0 aromatic heterocycles. The quantitative estimate of drug-likeness (QED) is 0.676. The molecule has 29 heavy (non-hydrogen) atoms. The van der Waals surface area contributed by atoms with Crippen LogP contribution in [0.25, 0.3) is 0 Å². The Morgan fingerprint density at radius 1 is 0.862 bits per heavy atom. The summed E-state index contributed by atoms with van der Waals surface area (Å²) in [4.78, 5) is 29.3. The minimum Gasteiger partial charge on any atom is -0.494 e. The van der Waals surface area contributed by atoms with Gasteiger partial charge < -0.3 is 14.5 Å². The van der Waals surface area contributed by atoms with E-state index in [2.05, 4.69) is 0 Å². The molecule has 0 bridgehead atoms. The Balaban J connectivity index is 1.42. The van der Waals surface area contributed by atoms with Gasteiger partial charge in [-0.25, -0.2) is 0 Å². The maximum atomic E-state index is 13.0. The van der Waals surface area contributed by atoms with Crippen molar-refractivity contribution in [2.24, 2.45) is 0 Å². The highest BCUT2D eigenvalue weighted by atomic mass is 16.5. The van der Waals surface area contributed by atoms with Crippen molar-refractivity contribution in [3.05, 3.63) is 66.2 Å². The van der Waals surface area contributed by atoms with E-state index < -0.39 is 5.41 Å². The number of nitrogens with zero attached hydrogens (tertiary/aromatic N) is 2. The minimum atomic E-state index is -0.567. The van der Waals surface area contributed by atoms with E-state index in [1.807, 2.05) is 84.3 Å². The van der Waals surface area contributed by atoms with E-state index in [0.29, 0.717) is 45.6 Å². The van der Waals surface area contributed by atoms with Gasteiger partial charge in [0.1, 0.15) is 5.75 Å². The molecule has 1 saturated heterocycles. The lowest BCUT2D eigenvalue weighted by molar-refractivity contribution is -0.142. The first-order valence-corrected chi connectivity index (χ1v) is 10.3. The molecule has 1 aliphatic rings. The van der Waals surface area contributed by atoms with Crippen molar-refractivity contribution in [2.75, 3.05) is 32.8 Å². The van der Waals surface area contributed by atoms with Crippen LogP contribution in [0.2, 0.25) is 0 Å². The SMILES string of the molecule is CC(C)(C(=O)N1CCN(C(=O)CCCOc2ccccc2)CC1)c1ccccc1. The molecule has 0 spiro atoms. The van der Waals surface area contributed by atoms with Gasteiger partial charge in [-0.2, -0.15) is 0 Å². The number of carbonyl (C=O) groups is 2. The van der Waals surface area contributed by atoms with Gasteiger partial charge in [0, 0.05) is 32.6 Å². The summed E-state index contributed by atoms with van der Waals surface area (Å²) in [5.41, 5.74) is 0.448. The number of hydrogen-bond donors (Lipinski definition) is 0. The Morgan fingerprint density at radius 3 is 2.03 bits per heavy atom. The average Bonchev–Trinajstić information content (AvgIpc) is 2.77. The van der Waals surface area contributed by atoms with Gasteiger partial charge in [-0.15, -0.1) is 0 Å². The summed E-state index contributed by atoms with van der Waals surface area (Å²) in [6.07, 6.45) is 1.16. The van der Waals surface area contributed by atoms with Crippen molar-refractivity contribution in [1.82, 2.24) is 9.80 Å². The zero-order chi connectivity index (χ0) is 20.7. The second-order valence-corrected chi connectivity index (χ2v) is 7.93. The van der Waals surface area contributed by atoms with Gasteiger partial charge >= 0.3 is 0 Å². The predicted molar refractivity (Wildman–Crippen MR) is 114 cm³/mol. The molecule has 0 unspecified atom stereocenters. The van der Waals surface area contributed by atoms with Gasteiger partial charge in [-0.1, -0.05) is 48.5 Å². The third kappa shape index (κ3) is 5.37. The van der Waals surface area contributed by atoms with Crippen molar-refractivity contribution in [3.8, 4) is 5.75 Å². The van der Waals surface area contributed by atoms with Crippen molar-refractivity contribution in [2.45, 2.75) is 32.1 Å². The molecule has 3 rings (SSSR count). The Kier molecular flexibility index (Phi) is 6.91. The highest BCUT2D eigenvalue weighted by Gasteiger charge is 2.35. The molecule has 5 nitrogen and oxygen atoms in total. The van der Waals surface area contributed by atoms with Crippen LogP contribution in [0.5, 0.6) is 5.75 Å². The smallest absolute Gasteiger partial charge is 0.232 e. The van der Waals surface area contributed by atoms with Crippen molar-refractivity contribution in [1.29, 1.82) is 0 Å². The number of piperazine rings is 1. The van der Waals surface area contributed by atoms with E-state index in [4.69, 9.17) is 4.74 Å². The molecule has 2 aromatic carbocycles. The second-order valence-electron chi connectivity index (χ2n) is 7.93. The molecule has 1 aliphatic heterocycles. The van der Waals surface area contributed by atoms with Crippen LogP contribution in [-0.4, -0.2) is 54.4 Å². The number of amides is 2. The molecule has 2 amide bonds. The van der Waals surface area contributed by atoms with E-state index in [1.54, 1.807) is 0 Å². The molecule has 2 aromatic rings. The van der Waals surface area contributed by atoms with Crippen LogP contribution in [-0.2, 0) is 15.0 Å². The lowest BCUT2D eigenvalue weighted by Crippen LogP contribution is -2.54. The van der Waals surface area contributed by atoms with Crippen LogP contribution in [0.1, 0.15) is 32.3 Å². The molecule has 0 saturated carbocycles. The van der Waals surface area contributed by atoms with Crippen molar-refractivity contribution >= 4 is 11.8 Å². The summed E-state index contributed by atoms with van der Waals surface area (Å²) < 4.78 is 5.65. The van der Waals surface area contributed by atoms with Crippen LogP contribution in [0.4, 0.5) is 0 Å². The summed E-state index contributed by atoms with van der Waals surface area (Å²) in [7, 11) is 0. The third-order valence-electron chi connectivity index (χ3n) is 5.50. The zero-order valence-electron chi connectivity index (χ0n) is 17.3. The van der Waals surface area contributed by atoms with Crippen molar-refractivity contribution < 1.29 is 14.3 Å². The fraction of sp³-hybridized carbons (Fsp3) is 0.417. The van der Waals surface area contributed by atoms with Crippen LogP contribution in [0.15, 0.2) is 60.7 Å².